The number of hydrogen-bond acceptors (Lipinski definition) is 3. The smallest absolute Gasteiger partial charge is 0.142 e. The Morgan fingerprint density at radius 1 is 1.19 bits per heavy atom. The van der Waals surface area contributed by atoms with Crippen LogP contribution in [0.2, 0.25) is 0 Å². The minimum Gasteiger partial charge on any atom is -0.495 e. The normalized spacial score (nSPS) is 25.6. The monoisotopic (exact) mass is 220 g/mol. The molecule has 0 amide bonds. The molecule has 0 bridgehead atoms. The van der Waals surface area contributed by atoms with Gasteiger partial charge in [0.2, 0.25) is 0 Å². The topological polar surface area (TPSA) is 24.5 Å². The molecule has 1 aliphatic rings. The quantitative estimate of drug-likeness (QED) is 0.823. The van der Waals surface area contributed by atoms with E-state index in [1.54, 1.807) is 7.11 Å². The van der Waals surface area contributed by atoms with Crippen LogP contribution in [0.4, 0.5) is 5.69 Å². The number of hydrogen-bond donors (Lipinski definition) is 1. The summed E-state index contributed by atoms with van der Waals surface area (Å²) in [6.45, 7) is 6.51. The van der Waals surface area contributed by atoms with Crippen LogP contribution < -0.4 is 15.0 Å². The molecule has 1 aromatic rings. The highest BCUT2D eigenvalue weighted by Gasteiger charge is 2.22. The van der Waals surface area contributed by atoms with Crippen molar-refractivity contribution in [2.75, 3.05) is 25.1 Å². The van der Waals surface area contributed by atoms with Crippen LogP contribution in [0.1, 0.15) is 13.8 Å². The van der Waals surface area contributed by atoms with Crippen molar-refractivity contribution in [3.05, 3.63) is 24.3 Å². The molecule has 3 nitrogen and oxygen atoms in total. The van der Waals surface area contributed by atoms with Gasteiger partial charge in [-0.25, -0.2) is 0 Å². The van der Waals surface area contributed by atoms with Crippen LogP contribution in [0.25, 0.3) is 0 Å². The molecule has 0 saturated carbocycles. The number of nitrogens with one attached hydrogen (secondary N) is 1. The number of ether oxygens (including phenoxy) is 1. The summed E-state index contributed by atoms with van der Waals surface area (Å²) in [5.74, 6) is 0.962. The maximum Gasteiger partial charge on any atom is 0.142 e. The molecule has 1 N–H and O–H groups in total. The molecule has 0 aromatic heterocycles. The molecule has 0 aliphatic carbocycles. The Morgan fingerprint density at radius 3 is 2.44 bits per heavy atom. The van der Waals surface area contributed by atoms with Gasteiger partial charge >= 0.3 is 0 Å². The van der Waals surface area contributed by atoms with Crippen LogP contribution in [0.15, 0.2) is 24.3 Å². The summed E-state index contributed by atoms with van der Waals surface area (Å²) in [5.41, 5.74) is 1.20. The van der Waals surface area contributed by atoms with Crippen molar-refractivity contribution in [2.24, 2.45) is 0 Å². The molecule has 1 saturated heterocycles. The third-order valence-corrected chi connectivity index (χ3v) is 2.98. The minimum absolute atomic E-state index is 0.522. The summed E-state index contributed by atoms with van der Waals surface area (Å²) in [5, 5.41) is 3.53. The number of rotatable bonds is 2. The molecule has 16 heavy (non-hydrogen) atoms. The van der Waals surface area contributed by atoms with Crippen molar-refractivity contribution in [3.63, 3.8) is 0 Å². The number of piperazine rings is 1. The molecule has 2 atom stereocenters. The molecular formula is C13H20N2O. The second kappa shape index (κ2) is 4.74. The van der Waals surface area contributed by atoms with Gasteiger partial charge < -0.3 is 15.0 Å². The van der Waals surface area contributed by atoms with E-state index >= 15 is 0 Å². The number of benzene rings is 1. The van der Waals surface area contributed by atoms with Gasteiger partial charge in [0, 0.05) is 25.2 Å². The fourth-order valence-electron chi connectivity index (χ4n) is 2.41. The van der Waals surface area contributed by atoms with Crippen molar-refractivity contribution in [3.8, 4) is 5.75 Å². The highest BCUT2D eigenvalue weighted by Crippen LogP contribution is 2.28. The fraction of sp³-hybridized carbons (Fsp3) is 0.538. The highest BCUT2D eigenvalue weighted by atomic mass is 16.5. The molecule has 1 heterocycles. The van der Waals surface area contributed by atoms with E-state index in [-0.39, 0.29) is 0 Å². The van der Waals surface area contributed by atoms with E-state index in [1.807, 2.05) is 12.1 Å². The van der Waals surface area contributed by atoms with Crippen molar-refractivity contribution >= 4 is 5.69 Å². The molecular weight excluding hydrogens is 200 g/mol. The number of para-hydroxylation sites is 2. The van der Waals surface area contributed by atoms with E-state index in [0.29, 0.717) is 12.1 Å². The van der Waals surface area contributed by atoms with Gasteiger partial charge in [-0.15, -0.1) is 0 Å². The Labute approximate surface area is 97.4 Å². The zero-order valence-electron chi connectivity index (χ0n) is 10.2. The molecule has 1 aliphatic heterocycles. The van der Waals surface area contributed by atoms with Gasteiger partial charge in [-0.1, -0.05) is 12.1 Å². The number of nitrogens with zero attached hydrogens (tertiary/aromatic N) is 1. The molecule has 88 valence electrons. The van der Waals surface area contributed by atoms with Gasteiger partial charge in [0.25, 0.3) is 0 Å². The lowest BCUT2D eigenvalue weighted by molar-refractivity contribution is 0.391. The molecule has 2 rings (SSSR count). The van der Waals surface area contributed by atoms with E-state index in [4.69, 9.17) is 4.74 Å². The minimum atomic E-state index is 0.522. The summed E-state index contributed by atoms with van der Waals surface area (Å²) in [7, 11) is 1.73. The van der Waals surface area contributed by atoms with Crippen LogP contribution in [-0.4, -0.2) is 32.3 Å². The fourth-order valence-corrected chi connectivity index (χ4v) is 2.41. The Kier molecular flexibility index (Phi) is 3.34. The summed E-state index contributed by atoms with van der Waals surface area (Å²) in [4.78, 5) is 2.39. The first-order chi connectivity index (χ1) is 7.70. The first kappa shape index (κ1) is 11.3. The standard InChI is InChI=1S/C13H20N2O/c1-10-8-15(9-11(2)14-10)12-6-4-5-7-13(12)16-3/h4-7,10-11,14H,8-9H2,1-3H3/t10-,11+. The average Bonchev–Trinajstić information content (AvgIpc) is 2.27. The first-order valence-electron chi connectivity index (χ1n) is 5.84. The lowest BCUT2D eigenvalue weighted by Gasteiger charge is -2.38. The van der Waals surface area contributed by atoms with Gasteiger partial charge in [0.15, 0.2) is 0 Å². The van der Waals surface area contributed by atoms with Crippen molar-refractivity contribution < 1.29 is 4.74 Å². The SMILES string of the molecule is COc1ccccc1N1C[C@@H](C)N[C@@H](C)C1. The largest absolute Gasteiger partial charge is 0.495 e. The summed E-state index contributed by atoms with van der Waals surface area (Å²) in [6.07, 6.45) is 0. The van der Waals surface area contributed by atoms with E-state index < -0.39 is 0 Å². The number of anilines is 1. The Bertz CT molecular complexity index is 344. The lowest BCUT2D eigenvalue weighted by atomic mass is 10.1. The maximum atomic E-state index is 5.41. The van der Waals surface area contributed by atoms with Crippen LogP contribution in [0.3, 0.4) is 0 Å². The molecule has 1 aromatic carbocycles. The predicted octanol–water partition coefficient (Wildman–Crippen LogP) is 1.88. The second-order valence-electron chi connectivity index (χ2n) is 4.55. The van der Waals surface area contributed by atoms with Gasteiger partial charge in [-0.3, -0.25) is 0 Å². The predicted molar refractivity (Wildman–Crippen MR) is 67.3 cm³/mol. The van der Waals surface area contributed by atoms with E-state index in [2.05, 4.69) is 36.2 Å². The van der Waals surface area contributed by atoms with Gasteiger partial charge in [-0.05, 0) is 26.0 Å². The van der Waals surface area contributed by atoms with Crippen LogP contribution in [0.5, 0.6) is 5.75 Å². The van der Waals surface area contributed by atoms with Crippen molar-refractivity contribution in [2.45, 2.75) is 25.9 Å². The van der Waals surface area contributed by atoms with Crippen molar-refractivity contribution in [1.82, 2.24) is 5.32 Å². The third-order valence-electron chi connectivity index (χ3n) is 2.98. The summed E-state index contributed by atoms with van der Waals surface area (Å²) in [6, 6.07) is 9.27. The van der Waals surface area contributed by atoms with Gasteiger partial charge in [0.1, 0.15) is 5.75 Å². The zero-order valence-corrected chi connectivity index (χ0v) is 10.2. The third kappa shape index (κ3) is 2.30. The highest BCUT2D eigenvalue weighted by molar-refractivity contribution is 5.58. The Morgan fingerprint density at radius 2 is 1.81 bits per heavy atom. The van der Waals surface area contributed by atoms with Crippen LogP contribution in [-0.2, 0) is 0 Å². The molecule has 0 unspecified atom stereocenters. The van der Waals surface area contributed by atoms with E-state index in [0.717, 1.165) is 18.8 Å². The first-order valence-corrected chi connectivity index (χ1v) is 5.84. The molecule has 0 radical (unpaired) electrons. The van der Waals surface area contributed by atoms with Gasteiger partial charge in [0.05, 0.1) is 12.8 Å². The second-order valence-corrected chi connectivity index (χ2v) is 4.55. The van der Waals surface area contributed by atoms with Crippen LogP contribution in [0, 0.1) is 0 Å². The van der Waals surface area contributed by atoms with E-state index in [1.165, 1.54) is 5.69 Å². The zero-order chi connectivity index (χ0) is 11.5. The molecule has 0 spiro atoms. The molecule has 3 heteroatoms. The lowest BCUT2D eigenvalue weighted by Crippen LogP contribution is -2.54. The Balaban J connectivity index is 2.22. The molecule has 1 fully saturated rings. The summed E-state index contributed by atoms with van der Waals surface area (Å²) < 4.78 is 5.41. The summed E-state index contributed by atoms with van der Waals surface area (Å²) >= 11 is 0. The van der Waals surface area contributed by atoms with Crippen molar-refractivity contribution in [1.29, 1.82) is 0 Å². The van der Waals surface area contributed by atoms with Crippen LogP contribution >= 0.6 is 0 Å². The maximum absolute atomic E-state index is 5.41. The average molecular weight is 220 g/mol. The Hall–Kier alpha value is -1.22. The van der Waals surface area contributed by atoms with E-state index in [9.17, 15) is 0 Å². The number of methoxy groups -OCH3 is 1. The van der Waals surface area contributed by atoms with Gasteiger partial charge in [-0.2, -0.15) is 0 Å².